The van der Waals surface area contributed by atoms with Crippen molar-refractivity contribution >= 4 is 11.9 Å². The zero-order valence-electron chi connectivity index (χ0n) is 37.6. The lowest BCUT2D eigenvalue weighted by Crippen LogP contribution is -2.28. The Bertz CT molecular complexity index is 992. The van der Waals surface area contributed by atoms with Crippen LogP contribution in [-0.2, 0) is 19.1 Å². The Hall–Kier alpha value is -2.40. The van der Waals surface area contributed by atoms with Gasteiger partial charge in [-0.05, 0) is 57.8 Å². The number of aliphatic hydroxyl groups excluding tert-OH is 1. The molecule has 0 aromatic carbocycles. The third kappa shape index (κ3) is 46.2. The molecule has 0 spiro atoms. The van der Waals surface area contributed by atoms with Crippen LogP contribution in [0.5, 0.6) is 0 Å². The molecule has 0 aliphatic carbocycles. The van der Waals surface area contributed by atoms with Gasteiger partial charge < -0.3 is 14.6 Å². The van der Waals surface area contributed by atoms with Crippen molar-refractivity contribution in [3.8, 4) is 0 Å². The number of rotatable bonds is 44. The van der Waals surface area contributed by atoms with Crippen LogP contribution in [0, 0.1) is 0 Å². The van der Waals surface area contributed by atoms with Gasteiger partial charge in [0.15, 0.2) is 6.10 Å². The number of allylic oxidation sites excluding steroid dienone is 10. The van der Waals surface area contributed by atoms with Crippen LogP contribution in [0.4, 0.5) is 0 Å². The van der Waals surface area contributed by atoms with E-state index in [4.69, 9.17) is 9.47 Å². The van der Waals surface area contributed by atoms with Gasteiger partial charge >= 0.3 is 11.9 Å². The molecule has 1 N–H and O–H groups in total. The van der Waals surface area contributed by atoms with Crippen LogP contribution in [0.25, 0.3) is 0 Å². The number of carbonyl (C=O) groups is 2. The van der Waals surface area contributed by atoms with Crippen LogP contribution in [0.1, 0.15) is 239 Å². The summed E-state index contributed by atoms with van der Waals surface area (Å²) in [6.07, 6.45) is 63.7. The van der Waals surface area contributed by atoms with Crippen molar-refractivity contribution in [1.82, 2.24) is 0 Å². The molecule has 0 radical (unpaired) electrons. The number of ether oxygens (including phenoxy) is 2. The molecule has 0 bridgehead atoms. The van der Waals surface area contributed by atoms with E-state index >= 15 is 0 Å². The van der Waals surface area contributed by atoms with E-state index < -0.39 is 6.10 Å². The summed E-state index contributed by atoms with van der Waals surface area (Å²) in [5.41, 5.74) is 0. The molecule has 0 aliphatic heterocycles. The Morgan fingerprint density at radius 2 is 0.754 bits per heavy atom. The summed E-state index contributed by atoms with van der Waals surface area (Å²) in [7, 11) is 0. The second-order valence-corrected chi connectivity index (χ2v) is 16.2. The normalized spacial score (nSPS) is 12.7. The van der Waals surface area contributed by atoms with Gasteiger partial charge in [0.05, 0.1) is 6.61 Å². The molecule has 0 rings (SSSR count). The Morgan fingerprint density at radius 3 is 1.14 bits per heavy atom. The molecule has 0 saturated heterocycles. The van der Waals surface area contributed by atoms with Crippen LogP contribution in [0.15, 0.2) is 60.8 Å². The Morgan fingerprint density at radius 1 is 0.421 bits per heavy atom. The molecule has 0 aromatic rings. The molecule has 5 nitrogen and oxygen atoms in total. The molecule has 0 aromatic heterocycles. The number of unbranched alkanes of at least 4 members (excludes halogenated alkanes) is 26. The lowest BCUT2D eigenvalue weighted by molar-refractivity contribution is -0.161. The zero-order valence-corrected chi connectivity index (χ0v) is 37.6. The quantitative estimate of drug-likeness (QED) is 0.0378. The predicted molar refractivity (Wildman–Crippen MR) is 247 cm³/mol. The lowest BCUT2D eigenvalue weighted by atomic mass is 10.0. The van der Waals surface area contributed by atoms with Crippen molar-refractivity contribution in [2.75, 3.05) is 13.2 Å². The van der Waals surface area contributed by atoms with Crippen LogP contribution in [-0.4, -0.2) is 36.4 Å². The van der Waals surface area contributed by atoms with Crippen molar-refractivity contribution in [3.05, 3.63) is 60.8 Å². The maximum Gasteiger partial charge on any atom is 0.306 e. The summed E-state index contributed by atoms with van der Waals surface area (Å²) >= 11 is 0. The summed E-state index contributed by atoms with van der Waals surface area (Å²) in [4.78, 5) is 24.1. The van der Waals surface area contributed by atoms with Crippen LogP contribution in [0.2, 0.25) is 0 Å². The maximum atomic E-state index is 12.2. The standard InChI is InChI=1S/C52H92O5/c1-3-5-7-9-11-12-13-14-15-16-17-18-19-20-21-22-23-24-25-26-27-28-29-30-31-32-33-34-35-36-37-38-39-40-41-43-45-47-52(55)57-50(48-53)49-56-51(54)46-44-42-10-8-6-4-2/h5,7,11-12,14-15,17-18,20-21,50,53H,3-4,6,8-10,13,16,19,22-49H2,1-2H3/b7-5-,12-11-,15-14-,18-17-,21-20-. The van der Waals surface area contributed by atoms with E-state index in [1.165, 1.54) is 141 Å². The molecule has 0 amide bonds. The SMILES string of the molecule is CC/C=C\C/C=C\C/C=C\C/C=C\C/C=C\CCCCCCCCCCCCCCCCCCCCCCCC(=O)OC(CO)COC(=O)CCCCCCCC. The Labute approximate surface area is 353 Å². The number of aliphatic hydroxyl groups is 1. The first kappa shape index (κ1) is 54.6. The second-order valence-electron chi connectivity index (χ2n) is 16.2. The van der Waals surface area contributed by atoms with Gasteiger partial charge in [0, 0.05) is 12.8 Å². The lowest BCUT2D eigenvalue weighted by Gasteiger charge is -2.15. The third-order valence-corrected chi connectivity index (χ3v) is 10.6. The summed E-state index contributed by atoms with van der Waals surface area (Å²) < 4.78 is 10.5. The first-order chi connectivity index (χ1) is 28.1. The molecule has 0 aliphatic rings. The van der Waals surface area contributed by atoms with Crippen LogP contribution in [0.3, 0.4) is 0 Å². The molecule has 0 saturated carbocycles. The number of hydrogen-bond donors (Lipinski definition) is 1. The molecule has 5 heteroatoms. The molecule has 0 fully saturated rings. The van der Waals surface area contributed by atoms with Gasteiger partial charge in [-0.1, -0.05) is 229 Å². The summed E-state index contributed by atoms with van der Waals surface area (Å²) in [5, 5.41) is 9.52. The highest BCUT2D eigenvalue weighted by atomic mass is 16.6. The van der Waals surface area contributed by atoms with Crippen molar-refractivity contribution in [2.45, 2.75) is 245 Å². The monoisotopic (exact) mass is 797 g/mol. The minimum Gasteiger partial charge on any atom is -0.462 e. The molecule has 1 atom stereocenters. The van der Waals surface area contributed by atoms with Crippen molar-refractivity contribution in [1.29, 1.82) is 0 Å². The van der Waals surface area contributed by atoms with E-state index in [-0.39, 0.29) is 25.2 Å². The van der Waals surface area contributed by atoms with Crippen LogP contribution < -0.4 is 0 Å². The molecule has 1 unspecified atom stereocenters. The van der Waals surface area contributed by atoms with Gasteiger partial charge in [-0.15, -0.1) is 0 Å². The number of hydrogen-bond acceptors (Lipinski definition) is 5. The fourth-order valence-corrected chi connectivity index (χ4v) is 6.94. The number of esters is 2. The van der Waals surface area contributed by atoms with E-state index in [0.717, 1.165) is 70.6 Å². The van der Waals surface area contributed by atoms with Gasteiger partial charge in [0.25, 0.3) is 0 Å². The van der Waals surface area contributed by atoms with Gasteiger partial charge in [0.1, 0.15) is 6.61 Å². The van der Waals surface area contributed by atoms with Gasteiger partial charge in [-0.25, -0.2) is 0 Å². The number of carbonyl (C=O) groups excluding carboxylic acids is 2. The van der Waals surface area contributed by atoms with E-state index in [1.54, 1.807) is 0 Å². The molecule has 57 heavy (non-hydrogen) atoms. The van der Waals surface area contributed by atoms with Crippen molar-refractivity contribution < 1.29 is 24.2 Å². The summed E-state index contributed by atoms with van der Waals surface area (Å²) in [5.74, 6) is -0.593. The van der Waals surface area contributed by atoms with Gasteiger partial charge in [0.2, 0.25) is 0 Å². The van der Waals surface area contributed by atoms with Crippen molar-refractivity contribution in [2.24, 2.45) is 0 Å². The Balaban J connectivity index is 3.37. The highest BCUT2D eigenvalue weighted by Crippen LogP contribution is 2.16. The second kappa shape index (κ2) is 48.0. The minimum absolute atomic E-state index is 0.0633. The highest BCUT2D eigenvalue weighted by Gasteiger charge is 2.16. The topological polar surface area (TPSA) is 72.8 Å². The van der Waals surface area contributed by atoms with Gasteiger partial charge in [-0.3, -0.25) is 9.59 Å². The predicted octanol–water partition coefficient (Wildman–Crippen LogP) is 15.9. The fourth-order valence-electron chi connectivity index (χ4n) is 6.94. The average Bonchev–Trinajstić information content (AvgIpc) is 3.21. The molecule has 0 heterocycles. The summed E-state index contributed by atoms with van der Waals surface area (Å²) in [6, 6.07) is 0. The molecular formula is C52H92O5. The first-order valence-electron chi connectivity index (χ1n) is 24.3. The molecular weight excluding hydrogens is 705 g/mol. The average molecular weight is 797 g/mol. The summed E-state index contributed by atoms with van der Waals surface area (Å²) in [6.45, 7) is 3.97. The smallest absolute Gasteiger partial charge is 0.306 e. The third-order valence-electron chi connectivity index (χ3n) is 10.6. The van der Waals surface area contributed by atoms with E-state index in [1.807, 2.05) is 0 Å². The Kier molecular flexibility index (Phi) is 46.0. The fraction of sp³-hybridized carbons (Fsp3) is 0.769. The van der Waals surface area contributed by atoms with E-state index in [2.05, 4.69) is 74.6 Å². The van der Waals surface area contributed by atoms with Crippen molar-refractivity contribution in [3.63, 3.8) is 0 Å². The zero-order chi connectivity index (χ0) is 41.4. The van der Waals surface area contributed by atoms with Crippen LogP contribution >= 0.6 is 0 Å². The maximum absolute atomic E-state index is 12.2. The highest BCUT2D eigenvalue weighted by molar-refractivity contribution is 5.70. The molecule has 330 valence electrons. The largest absolute Gasteiger partial charge is 0.462 e. The van der Waals surface area contributed by atoms with E-state index in [9.17, 15) is 14.7 Å². The van der Waals surface area contributed by atoms with Gasteiger partial charge in [-0.2, -0.15) is 0 Å². The van der Waals surface area contributed by atoms with E-state index in [0.29, 0.717) is 12.8 Å². The first-order valence-corrected chi connectivity index (χ1v) is 24.3. The minimum atomic E-state index is -0.765.